The van der Waals surface area contributed by atoms with E-state index in [1.807, 2.05) is 17.4 Å². The van der Waals surface area contributed by atoms with Crippen molar-refractivity contribution in [1.29, 1.82) is 0 Å². The fraction of sp³-hybridized carbons (Fsp3) is 0.294. The largest absolute Gasteiger partial charge is 0.330 e. The van der Waals surface area contributed by atoms with Gasteiger partial charge in [-0.3, -0.25) is 0 Å². The van der Waals surface area contributed by atoms with Gasteiger partial charge in [-0.1, -0.05) is 36.5 Å². The minimum Gasteiger partial charge on any atom is -0.330 e. The van der Waals surface area contributed by atoms with Crippen molar-refractivity contribution in [2.45, 2.75) is 32.6 Å². The van der Waals surface area contributed by atoms with E-state index in [0.717, 1.165) is 27.3 Å². The summed E-state index contributed by atoms with van der Waals surface area (Å²) in [5.74, 6) is 0.893. The fourth-order valence-electron chi connectivity index (χ4n) is 3.13. The van der Waals surface area contributed by atoms with Gasteiger partial charge in [-0.2, -0.15) is 0 Å². The van der Waals surface area contributed by atoms with Crippen molar-refractivity contribution in [1.82, 2.24) is 9.97 Å². The van der Waals surface area contributed by atoms with E-state index >= 15 is 0 Å². The second-order valence-corrected chi connectivity index (χ2v) is 7.11. The molecule has 0 atom stereocenters. The molecule has 1 aliphatic carbocycles. The molecular formula is C17H16N2S2. The highest BCUT2D eigenvalue weighted by atomic mass is 32.1. The third-order valence-corrected chi connectivity index (χ3v) is 5.72. The molecule has 0 bridgehead atoms. The number of aromatic nitrogens is 2. The predicted molar refractivity (Wildman–Crippen MR) is 91.6 cm³/mol. The normalized spacial score (nSPS) is 14.3. The molecule has 0 saturated carbocycles. The average Bonchev–Trinajstić information content (AvgIpc) is 2.86. The van der Waals surface area contributed by atoms with E-state index in [2.05, 4.69) is 30.1 Å². The lowest BCUT2D eigenvalue weighted by molar-refractivity contribution is 0.700. The maximum atomic E-state index is 5.63. The molecule has 0 saturated heterocycles. The summed E-state index contributed by atoms with van der Waals surface area (Å²) in [5.41, 5.74) is 3.81. The van der Waals surface area contributed by atoms with Crippen LogP contribution in [0.25, 0.3) is 21.6 Å². The molecule has 0 unspecified atom stereocenters. The molecule has 21 heavy (non-hydrogen) atoms. The Kier molecular flexibility index (Phi) is 3.16. The Morgan fingerprint density at radius 1 is 1.19 bits per heavy atom. The fourth-order valence-corrected chi connectivity index (χ4v) is 4.78. The van der Waals surface area contributed by atoms with Crippen molar-refractivity contribution in [2.24, 2.45) is 0 Å². The van der Waals surface area contributed by atoms with Gasteiger partial charge in [-0.05, 0) is 43.7 Å². The summed E-state index contributed by atoms with van der Waals surface area (Å²) in [7, 11) is 0. The molecule has 4 heteroatoms. The van der Waals surface area contributed by atoms with E-state index in [9.17, 15) is 0 Å². The van der Waals surface area contributed by atoms with Gasteiger partial charge >= 0.3 is 0 Å². The maximum absolute atomic E-state index is 5.63. The lowest BCUT2D eigenvalue weighted by Gasteiger charge is -2.10. The monoisotopic (exact) mass is 312 g/mol. The number of nitrogens with zero attached hydrogens (tertiary/aromatic N) is 1. The van der Waals surface area contributed by atoms with E-state index in [1.54, 1.807) is 0 Å². The molecular weight excluding hydrogens is 296 g/mol. The van der Waals surface area contributed by atoms with Gasteiger partial charge in [0, 0.05) is 15.8 Å². The van der Waals surface area contributed by atoms with E-state index in [4.69, 9.17) is 17.2 Å². The molecule has 0 amide bonds. The quantitative estimate of drug-likeness (QED) is 0.625. The Labute approximate surface area is 132 Å². The van der Waals surface area contributed by atoms with Crippen molar-refractivity contribution in [3.8, 4) is 11.4 Å². The smallest absolute Gasteiger partial charge is 0.140 e. The summed E-state index contributed by atoms with van der Waals surface area (Å²) in [5, 5.41) is 1.20. The van der Waals surface area contributed by atoms with Crippen LogP contribution in [0.4, 0.5) is 0 Å². The molecule has 1 N–H and O–H groups in total. The molecule has 3 aromatic rings. The van der Waals surface area contributed by atoms with Gasteiger partial charge in [0.15, 0.2) is 0 Å². The van der Waals surface area contributed by atoms with E-state index in [-0.39, 0.29) is 0 Å². The summed E-state index contributed by atoms with van der Waals surface area (Å²) in [6.45, 7) is 2.11. The number of H-pyrrole nitrogens is 1. The molecule has 2 heterocycles. The number of aromatic amines is 1. The van der Waals surface area contributed by atoms with Crippen LogP contribution in [0, 0.1) is 11.6 Å². The van der Waals surface area contributed by atoms with Gasteiger partial charge in [0.25, 0.3) is 0 Å². The third-order valence-electron chi connectivity index (χ3n) is 4.23. The van der Waals surface area contributed by atoms with Crippen LogP contribution in [0.5, 0.6) is 0 Å². The predicted octanol–water partition coefficient (Wildman–Crippen LogP) is 5.21. The van der Waals surface area contributed by atoms with E-state index < -0.39 is 0 Å². The van der Waals surface area contributed by atoms with E-state index in [0.29, 0.717) is 0 Å². The van der Waals surface area contributed by atoms with Crippen LogP contribution in [0.1, 0.15) is 28.8 Å². The lowest BCUT2D eigenvalue weighted by Crippen LogP contribution is -1.99. The van der Waals surface area contributed by atoms with Gasteiger partial charge in [-0.25, -0.2) is 4.98 Å². The Morgan fingerprint density at radius 3 is 2.86 bits per heavy atom. The van der Waals surface area contributed by atoms with Crippen LogP contribution in [0.15, 0.2) is 24.3 Å². The first kappa shape index (κ1) is 13.2. The molecule has 1 aliphatic rings. The second-order valence-electron chi connectivity index (χ2n) is 5.62. The van der Waals surface area contributed by atoms with Crippen LogP contribution in [-0.2, 0) is 12.8 Å². The number of aryl methyl sites for hydroxylation is 3. The molecule has 2 nitrogen and oxygen atoms in total. The molecule has 2 aromatic heterocycles. The summed E-state index contributed by atoms with van der Waals surface area (Å²) < 4.78 is 0.845. The molecule has 1 aromatic carbocycles. The van der Waals surface area contributed by atoms with E-state index in [1.165, 1.54) is 40.7 Å². The van der Waals surface area contributed by atoms with Gasteiger partial charge in [-0.15, -0.1) is 11.3 Å². The zero-order valence-corrected chi connectivity index (χ0v) is 13.5. The number of nitrogens with one attached hydrogen (secondary N) is 1. The number of hydrogen-bond acceptors (Lipinski definition) is 3. The minimum absolute atomic E-state index is 0.845. The minimum atomic E-state index is 0.845. The summed E-state index contributed by atoms with van der Waals surface area (Å²) in [6, 6.07) is 8.31. The highest BCUT2D eigenvalue weighted by Gasteiger charge is 2.19. The summed E-state index contributed by atoms with van der Waals surface area (Å²) >= 11 is 7.47. The van der Waals surface area contributed by atoms with Crippen LogP contribution in [-0.4, -0.2) is 9.97 Å². The van der Waals surface area contributed by atoms with Crippen molar-refractivity contribution >= 4 is 33.8 Å². The van der Waals surface area contributed by atoms with Crippen LogP contribution >= 0.6 is 23.6 Å². The van der Waals surface area contributed by atoms with Crippen LogP contribution < -0.4 is 0 Å². The average molecular weight is 312 g/mol. The highest BCUT2D eigenvalue weighted by molar-refractivity contribution is 7.71. The van der Waals surface area contributed by atoms with Crippen molar-refractivity contribution < 1.29 is 0 Å². The number of rotatable bonds is 1. The topological polar surface area (TPSA) is 28.7 Å². The number of hydrogen-bond donors (Lipinski definition) is 1. The Morgan fingerprint density at radius 2 is 2.00 bits per heavy atom. The van der Waals surface area contributed by atoms with Crippen LogP contribution in [0.2, 0.25) is 0 Å². The summed E-state index contributed by atoms with van der Waals surface area (Å²) in [4.78, 5) is 10.8. The third kappa shape index (κ3) is 2.14. The summed E-state index contributed by atoms with van der Waals surface area (Å²) in [6.07, 6.45) is 4.90. The number of benzene rings is 1. The SMILES string of the molecule is Cc1ccccc1-c1nc2sc3c(c2c(=S)[nH]1)CCCC3. The Balaban J connectivity index is 1.98. The van der Waals surface area contributed by atoms with Gasteiger partial charge in [0.05, 0.1) is 0 Å². The van der Waals surface area contributed by atoms with Gasteiger partial charge in [0.1, 0.15) is 15.3 Å². The first-order valence-corrected chi connectivity index (χ1v) is 8.57. The second kappa shape index (κ2) is 5.04. The van der Waals surface area contributed by atoms with Gasteiger partial charge in [0.2, 0.25) is 0 Å². The Hall–Kier alpha value is -1.52. The molecule has 4 rings (SSSR count). The zero-order chi connectivity index (χ0) is 14.4. The van der Waals surface area contributed by atoms with Gasteiger partial charge < -0.3 is 4.98 Å². The highest BCUT2D eigenvalue weighted by Crippen LogP contribution is 2.36. The molecule has 0 aliphatic heterocycles. The van der Waals surface area contributed by atoms with Crippen LogP contribution in [0.3, 0.4) is 0 Å². The first-order chi connectivity index (χ1) is 10.2. The maximum Gasteiger partial charge on any atom is 0.140 e. The number of fused-ring (bicyclic) bond motifs is 3. The molecule has 106 valence electrons. The molecule has 0 fully saturated rings. The molecule has 0 radical (unpaired) electrons. The van der Waals surface area contributed by atoms with Crippen molar-refractivity contribution in [2.75, 3.05) is 0 Å². The van der Waals surface area contributed by atoms with Crippen molar-refractivity contribution in [3.05, 3.63) is 44.9 Å². The van der Waals surface area contributed by atoms with Crippen molar-refractivity contribution in [3.63, 3.8) is 0 Å². The first-order valence-electron chi connectivity index (χ1n) is 7.34. The zero-order valence-electron chi connectivity index (χ0n) is 11.9. The standard InChI is InChI=1S/C17H16N2S2/c1-10-6-2-3-7-11(10)15-18-16(20)14-12-8-4-5-9-13(12)21-17(14)19-15/h2-3,6-7H,4-5,8-9H2,1H3,(H,18,19,20). The molecule has 0 spiro atoms. The number of thiophene rings is 1. The lowest BCUT2D eigenvalue weighted by atomic mass is 9.97. The Bertz CT molecular complexity index is 889.